The molecule has 0 N–H and O–H groups in total. The van der Waals surface area contributed by atoms with Crippen molar-refractivity contribution in [1.29, 1.82) is 0 Å². The summed E-state index contributed by atoms with van der Waals surface area (Å²) in [5.41, 5.74) is 1.54. The minimum absolute atomic E-state index is 0.250. The first kappa shape index (κ1) is 12.4. The largest absolute Gasteiger partial charge is 0.299 e. The van der Waals surface area contributed by atoms with Crippen molar-refractivity contribution in [2.75, 3.05) is 0 Å². The van der Waals surface area contributed by atoms with E-state index in [-0.39, 0.29) is 11.3 Å². The zero-order valence-corrected chi connectivity index (χ0v) is 12.5. The zero-order valence-electron chi connectivity index (χ0n) is 10.9. The van der Waals surface area contributed by atoms with Gasteiger partial charge in [0.1, 0.15) is 5.78 Å². The lowest BCUT2D eigenvalue weighted by molar-refractivity contribution is -0.156. The van der Waals surface area contributed by atoms with E-state index in [9.17, 15) is 4.79 Å². The maximum Gasteiger partial charge on any atom is 0.139 e. The molecule has 0 radical (unpaired) electrons. The number of fused-ring (bicyclic) bond motifs is 2. The van der Waals surface area contributed by atoms with Gasteiger partial charge in [0.25, 0.3) is 0 Å². The summed E-state index contributed by atoms with van der Waals surface area (Å²) in [6.07, 6.45) is 3.13. The number of benzene rings is 1. The van der Waals surface area contributed by atoms with E-state index in [1.807, 2.05) is 6.07 Å². The number of carbonyl (C=O) groups excluding carboxylic acids is 1. The minimum Gasteiger partial charge on any atom is -0.299 e. The third kappa shape index (κ3) is 1.77. The molecule has 3 aliphatic carbocycles. The Morgan fingerprint density at radius 3 is 2.61 bits per heavy atom. The Kier molecular flexibility index (Phi) is 2.89. The van der Waals surface area contributed by atoms with Crippen LogP contribution in [0.3, 0.4) is 0 Å². The number of Topliss-reactive ketones (excluding diaryl/α,β-unsaturated/α-hetero) is 1. The van der Waals surface area contributed by atoms with E-state index in [0.717, 1.165) is 29.7 Å². The van der Waals surface area contributed by atoms with Crippen LogP contribution in [0.25, 0.3) is 0 Å². The highest BCUT2D eigenvalue weighted by Gasteiger charge is 2.57. The second kappa shape index (κ2) is 4.19. The van der Waals surface area contributed by atoms with Crippen LogP contribution in [0.5, 0.6) is 0 Å². The van der Waals surface area contributed by atoms with Crippen molar-refractivity contribution < 1.29 is 4.79 Å². The van der Waals surface area contributed by atoms with Crippen LogP contribution in [0, 0.1) is 23.2 Å². The molecule has 3 aliphatic rings. The van der Waals surface area contributed by atoms with Crippen LogP contribution >= 0.6 is 15.9 Å². The predicted octanol–water partition coefficient (Wildman–Crippen LogP) is 4.24. The molecule has 0 aromatic heterocycles. The molecule has 1 aromatic carbocycles. The van der Waals surface area contributed by atoms with E-state index in [0.29, 0.717) is 11.7 Å². The molecule has 3 atom stereocenters. The third-order valence-corrected chi connectivity index (χ3v) is 5.98. The van der Waals surface area contributed by atoms with Gasteiger partial charge in [-0.2, -0.15) is 0 Å². The van der Waals surface area contributed by atoms with Gasteiger partial charge in [-0.15, -0.1) is 0 Å². The number of rotatable bonds is 2. The van der Waals surface area contributed by atoms with Crippen molar-refractivity contribution in [3.8, 4) is 0 Å². The summed E-state index contributed by atoms with van der Waals surface area (Å²) in [7, 11) is 0. The fraction of sp³-hybridized carbons (Fsp3) is 0.562. The molecule has 2 bridgehead atoms. The number of hydrogen-bond donors (Lipinski definition) is 0. The molecule has 4 rings (SSSR count). The molecule has 3 saturated carbocycles. The summed E-state index contributed by atoms with van der Waals surface area (Å²) < 4.78 is 1.14. The van der Waals surface area contributed by atoms with E-state index < -0.39 is 0 Å². The van der Waals surface area contributed by atoms with Gasteiger partial charge < -0.3 is 0 Å². The molecule has 0 unspecified atom stereocenters. The number of carbonyl (C=O) groups is 1. The Balaban J connectivity index is 1.77. The van der Waals surface area contributed by atoms with Gasteiger partial charge in [-0.05, 0) is 42.2 Å². The molecule has 1 aromatic rings. The minimum atomic E-state index is 0.250. The standard InChI is InChI=1S/C16H19BrO/c1-16(2)12-8-11(15(18)13(16)9-12)7-10-5-3-4-6-14(10)17/h3-6,11-13H,7-9H2,1-2H3/t11-,12-,13-/m0/s1. The lowest BCUT2D eigenvalue weighted by atomic mass is 9.46. The lowest BCUT2D eigenvalue weighted by Crippen LogP contribution is -2.56. The molecular weight excluding hydrogens is 288 g/mol. The van der Waals surface area contributed by atoms with Crippen molar-refractivity contribution in [3.05, 3.63) is 34.3 Å². The molecule has 1 nitrogen and oxygen atoms in total. The van der Waals surface area contributed by atoms with E-state index in [4.69, 9.17) is 0 Å². The van der Waals surface area contributed by atoms with Gasteiger partial charge in [-0.25, -0.2) is 0 Å². The van der Waals surface area contributed by atoms with Crippen molar-refractivity contribution >= 4 is 21.7 Å². The summed E-state index contributed by atoms with van der Waals surface area (Å²) >= 11 is 3.58. The van der Waals surface area contributed by atoms with Crippen LogP contribution in [0.2, 0.25) is 0 Å². The van der Waals surface area contributed by atoms with Crippen LogP contribution in [-0.2, 0) is 11.2 Å². The quantitative estimate of drug-likeness (QED) is 0.798. The van der Waals surface area contributed by atoms with Crippen LogP contribution in [-0.4, -0.2) is 5.78 Å². The van der Waals surface area contributed by atoms with Crippen molar-refractivity contribution in [1.82, 2.24) is 0 Å². The fourth-order valence-corrected chi connectivity index (χ4v) is 4.20. The van der Waals surface area contributed by atoms with Gasteiger partial charge in [0.15, 0.2) is 0 Å². The molecule has 0 aliphatic heterocycles. The van der Waals surface area contributed by atoms with Crippen LogP contribution in [0.4, 0.5) is 0 Å². The van der Waals surface area contributed by atoms with Gasteiger partial charge in [0.2, 0.25) is 0 Å². The Hall–Kier alpha value is -0.630. The zero-order chi connectivity index (χ0) is 12.9. The van der Waals surface area contributed by atoms with Gasteiger partial charge in [-0.3, -0.25) is 4.79 Å². The first-order chi connectivity index (χ1) is 8.50. The Morgan fingerprint density at radius 2 is 2.00 bits per heavy atom. The molecular formula is C16H19BrO. The van der Waals surface area contributed by atoms with Gasteiger partial charge >= 0.3 is 0 Å². The lowest BCUT2D eigenvalue weighted by Gasteiger charge is -2.57. The topological polar surface area (TPSA) is 17.1 Å². The fourth-order valence-electron chi connectivity index (χ4n) is 3.76. The van der Waals surface area contributed by atoms with Crippen molar-refractivity contribution in [2.24, 2.45) is 23.2 Å². The number of halogens is 1. The van der Waals surface area contributed by atoms with Gasteiger partial charge in [0, 0.05) is 16.3 Å². The van der Waals surface area contributed by atoms with Crippen LogP contribution < -0.4 is 0 Å². The second-order valence-corrected chi connectivity index (χ2v) is 7.29. The molecule has 0 amide bonds. The summed E-state index contributed by atoms with van der Waals surface area (Å²) in [5, 5.41) is 0. The second-order valence-electron chi connectivity index (χ2n) is 6.44. The van der Waals surface area contributed by atoms with Gasteiger partial charge in [-0.1, -0.05) is 48.0 Å². The van der Waals surface area contributed by atoms with Crippen molar-refractivity contribution in [2.45, 2.75) is 33.1 Å². The maximum atomic E-state index is 12.5. The molecule has 2 heteroatoms. The SMILES string of the molecule is CC1(C)[C@H]2C[C@H](Cc3ccccc3Br)C(=O)[C@@H]1C2. The molecule has 0 spiro atoms. The number of ketones is 1. The first-order valence-corrected chi connectivity index (χ1v) is 7.56. The third-order valence-electron chi connectivity index (χ3n) is 5.21. The summed E-state index contributed by atoms with van der Waals surface area (Å²) in [6.45, 7) is 4.52. The highest BCUT2D eigenvalue weighted by molar-refractivity contribution is 9.10. The molecule has 18 heavy (non-hydrogen) atoms. The van der Waals surface area contributed by atoms with Crippen LogP contribution in [0.1, 0.15) is 32.3 Å². The van der Waals surface area contributed by atoms with Crippen LogP contribution in [0.15, 0.2) is 28.7 Å². The van der Waals surface area contributed by atoms with E-state index in [2.05, 4.69) is 48.0 Å². The average molecular weight is 307 g/mol. The Bertz CT molecular complexity index is 492. The van der Waals surface area contributed by atoms with Crippen molar-refractivity contribution in [3.63, 3.8) is 0 Å². The smallest absolute Gasteiger partial charge is 0.139 e. The Morgan fingerprint density at radius 1 is 1.28 bits per heavy atom. The highest BCUT2D eigenvalue weighted by Crippen LogP contribution is 2.59. The van der Waals surface area contributed by atoms with E-state index in [1.165, 1.54) is 5.56 Å². The monoisotopic (exact) mass is 306 g/mol. The number of hydrogen-bond acceptors (Lipinski definition) is 1. The summed E-state index contributed by atoms with van der Waals surface area (Å²) in [5.74, 6) is 1.84. The average Bonchev–Trinajstić information content (AvgIpc) is 2.33. The summed E-state index contributed by atoms with van der Waals surface area (Å²) in [4.78, 5) is 12.5. The highest BCUT2D eigenvalue weighted by atomic mass is 79.9. The molecule has 0 saturated heterocycles. The summed E-state index contributed by atoms with van der Waals surface area (Å²) in [6, 6.07) is 8.27. The maximum absolute atomic E-state index is 12.5. The molecule has 3 fully saturated rings. The Labute approximate surface area is 117 Å². The first-order valence-electron chi connectivity index (χ1n) is 6.77. The van der Waals surface area contributed by atoms with Gasteiger partial charge in [0.05, 0.1) is 0 Å². The van der Waals surface area contributed by atoms with E-state index in [1.54, 1.807) is 0 Å². The normalized spacial score (nSPS) is 33.1. The van der Waals surface area contributed by atoms with E-state index >= 15 is 0 Å². The predicted molar refractivity (Wildman–Crippen MR) is 76.3 cm³/mol. The molecule has 96 valence electrons. The molecule has 0 heterocycles.